The molecule has 6 heteroatoms. The monoisotopic (exact) mass is 1110 g/mol. The smallest absolute Gasteiger partial charge is 0.306 e. The first-order chi connectivity index (χ1) is 39.5. The van der Waals surface area contributed by atoms with Crippen molar-refractivity contribution in [3.8, 4) is 0 Å². The Bertz CT molecular complexity index is 1560. The molecule has 0 saturated carbocycles. The van der Waals surface area contributed by atoms with E-state index >= 15 is 0 Å². The molecule has 0 amide bonds. The van der Waals surface area contributed by atoms with Crippen LogP contribution < -0.4 is 0 Å². The normalized spacial score (nSPS) is 12.7. The van der Waals surface area contributed by atoms with Gasteiger partial charge in [-0.3, -0.25) is 14.4 Å². The zero-order chi connectivity index (χ0) is 57.8. The molecular formula is C74H128O6. The third-order valence-electron chi connectivity index (χ3n) is 14.8. The minimum absolute atomic E-state index is 0.0818. The lowest BCUT2D eigenvalue weighted by atomic mass is 10.0. The lowest BCUT2D eigenvalue weighted by Crippen LogP contribution is -2.30. The minimum atomic E-state index is -0.788. The number of carbonyl (C=O) groups is 3. The van der Waals surface area contributed by atoms with Crippen LogP contribution in [0.5, 0.6) is 0 Å². The Balaban J connectivity index is 4.38. The summed E-state index contributed by atoms with van der Waals surface area (Å²) in [6.45, 7) is 6.53. The molecule has 6 nitrogen and oxygen atoms in total. The van der Waals surface area contributed by atoms with Crippen LogP contribution in [-0.2, 0) is 28.6 Å². The Morgan fingerprint density at radius 3 is 0.787 bits per heavy atom. The molecule has 0 aliphatic rings. The highest BCUT2D eigenvalue weighted by atomic mass is 16.6. The maximum absolute atomic E-state index is 12.9. The van der Waals surface area contributed by atoms with Crippen molar-refractivity contribution in [3.05, 3.63) is 97.2 Å². The van der Waals surface area contributed by atoms with E-state index in [9.17, 15) is 14.4 Å². The van der Waals surface area contributed by atoms with Crippen LogP contribution in [0.15, 0.2) is 97.2 Å². The summed E-state index contributed by atoms with van der Waals surface area (Å²) in [6.07, 6.45) is 91.3. The number of esters is 3. The molecule has 0 aromatic heterocycles. The molecule has 0 N–H and O–H groups in total. The molecule has 80 heavy (non-hydrogen) atoms. The highest BCUT2D eigenvalue weighted by Gasteiger charge is 2.19. The van der Waals surface area contributed by atoms with Crippen LogP contribution in [-0.4, -0.2) is 37.2 Å². The van der Waals surface area contributed by atoms with Gasteiger partial charge in [-0.2, -0.15) is 0 Å². The lowest BCUT2D eigenvalue weighted by molar-refractivity contribution is -0.167. The first-order valence-electron chi connectivity index (χ1n) is 34.2. The summed E-state index contributed by atoms with van der Waals surface area (Å²) in [6, 6.07) is 0. The van der Waals surface area contributed by atoms with Crippen LogP contribution in [0, 0.1) is 0 Å². The van der Waals surface area contributed by atoms with Crippen molar-refractivity contribution in [2.75, 3.05) is 13.2 Å². The van der Waals surface area contributed by atoms with Crippen molar-refractivity contribution in [1.82, 2.24) is 0 Å². The van der Waals surface area contributed by atoms with Crippen LogP contribution in [0.3, 0.4) is 0 Å². The van der Waals surface area contributed by atoms with Gasteiger partial charge in [0.1, 0.15) is 13.2 Å². The Kier molecular flexibility index (Phi) is 64.7. The predicted molar refractivity (Wildman–Crippen MR) is 348 cm³/mol. The predicted octanol–water partition coefficient (Wildman–Crippen LogP) is 23.6. The van der Waals surface area contributed by atoms with Crippen LogP contribution in [0.25, 0.3) is 0 Å². The number of ether oxygens (including phenoxy) is 3. The number of carbonyl (C=O) groups excluding carboxylic acids is 3. The van der Waals surface area contributed by atoms with E-state index in [1.165, 1.54) is 173 Å². The molecule has 1 atom stereocenters. The summed E-state index contributed by atoms with van der Waals surface area (Å²) < 4.78 is 17.0. The molecule has 0 rings (SSSR count). The van der Waals surface area contributed by atoms with Gasteiger partial charge in [-0.1, -0.05) is 311 Å². The second-order valence-corrected chi connectivity index (χ2v) is 22.7. The first-order valence-corrected chi connectivity index (χ1v) is 34.2. The van der Waals surface area contributed by atoms with E-state index in [1.807, 2.05) is 0 Å². The summed E-state index contributed by atoms with van der Waals surface area (Å²) >= 11 is 0. The Morgan fingerprint density at radius 2 is 0.487 bits per heavy atom. The van der Waals surface area contributed by atoms with Gasteiger partial charge in [-0.25, -0.2) is 0 Å². The number of rotatable bonds is 62. The van der Waals surface area contributed by atoms with E-state index in [-0.39, 0.29) is 31.1 Å². The van der Waals surface area contributed by atoms with Gasteiger partial charge in [0.05, 0.1) is 0 Å². The first kappa shape index (κ1) is 76.3. The molecule has 0 aliphatic carbocycles. The highest BCUT2D eigenvalue weighted by Crippen LogP contribution is 2.17. The molecule has 0 fully saturated rings. The standard InChI is InChI=1S/C74H128O6/c1-4-7-10-13-16-19-22-25-28-31-34-35-36-37-38-39-41-43-46-49-52-55-58-61-64-67-73(76)79-70-71(69-78-72(75)66-63-60-57-54-51-48-45-42-33-30-27-24-21-18-15-12-9-6-3)80-74(77)68-65-62-59-56-53-50-47-44-40-32-29-26-23-20-17-14-11-8-5-2/h7,10,16-17,19-20,25-26,28-29,34-35,37-38,40,44,71H,4-6,8-9,11-15,18,21-24,27,30-33,36,39,41-43,45-70H2,1-3H3/b10-7-,19-16-,20-17-,28-25-,29-26-,35-34-,38-37-,44-40-. The number of allylic oxidation sites excluding steroid dienone is 16. The van der Waals surface area contributed by atoms with Gasteiger partial charge in [-0.05, 0) is 103 Å². The third kappa shape index (κ3) is 65.1. The number of hydrogen-bond donors (Lipinski definition) is 0. The van der Waals surface area contributed by atoms with Crippen molar-refractivity contribution in [3.63, 3.8) is 0 Å². The molecule has 1 unspecified atom stereocenters. The van der Waals surface area contributed by atoms with Crippen molar-refractivity contribution in [2.45, 2.75) is 341 Å². The summed E-state index contributed by atoms with van der Waals surface area (Å²) in [4.78, 5) is 38.5. The quantitative estimate of drug-likeness (QED) is 0.0261. The zero-order valence-electron chi connectivity index (χ0n) is 52.8. The van der Waals surface area contributed by atoms with E-state index in [1.54, 1.807) is 0 Å². The molecule has 0 aliphatic heterocycles. The van der Waals surface area contributed by atoms with Crippen LogP contribution in [0.4, 0.5) is 0 Å². The minimum Gasteiger partial charge on any atom is -0.462 e. The number of unbranched alkanes of at least 4 members (excludes halogenated alkanes) is 35. The van der Waals surface area contributed by atoms with E-state index in [4.69, 9.17) is 14.2 Å². The van der Waals surface area contributed by atoms with Gasteiger partial charge < -0.3 is 14.2 Å². The fraction of sp³-hybridized carbons (Fsp3) is 0.743. The molecule has 0 spiro atoms. The second-order valence-electron chi connectivity index (χ2n) is 22.7. The molecule has 0 bridgehead atoms. The summed E-state index contributed by atoms with van der Waals surface area (Å²) in [5, 5.41) is 0. The fourth-order valence-electron chi connectivity index (χ4n) is 9.71. The molecule has 0 saturated heterocycles. The van der Waals surface area contributed by atoms with Gasteiger partial charge in [0, 0.05) is 19.3 Å². The van der Waals surface area contributed by atoms with Crippen LogP contribution in [0.1, 0.15) is 335 Å². The SMILES string of the molecule is CC/C=C\C/C=C\C/C=C\C/C=C\C/C=C\CCCCCCCCCCCC(=O)OCC(COC(=O)CCCCCCCCCCCCCCCCCCCC)OC(=O)CCCCCCCC/C=C\C/C=C\C/C=C\CCCCC. The maximum atomic E-state index is 12.9. The summed E-state index contributed by atoms with van der Waals surface area (Å²) in [7, 11) is 0. The van der Waals surface area contributed by atoms with E-state index in [0.29, 0.717) is 19.3 Å². The van der Waals surface area contributed by atoms with Crippen LogP contribution in [0.2, 0.25) is 0 Å². The molecule has 0 heterocycles. The Morgan fingerprint density at radius 1 is 0.263 bits per heavy atom. The largest absolute Gasteiger partial charge is 0.462 e. The molecular weight excluding hydrogens is 985 g/mol. The van der Waals surface area contributed by atoms with Crippen molar-refractivity contribution in [1.29, 1.82) is 0 Å². The molecule has 0 radical (unpaired) electrons. The Hall–Kier alpha value is -3.67. The average molecular weight is 1110 g/mol. The van der Waals surface area contributed by atoms with Crippen molar-refractivity contribution in [2.24, 2.45) is 0 Å². The zero-order valence-corrected chi connectivity index (χ0v) is 52.8. The van der Waals surface area contributed by atoms with Gasteiger partial charge in [-0.15, -0.1) is 0 Å². The van der Waals surface area contributed by atoms with Crippen LogP contribution >= 0.6 is 0 Å². The average Bonchev–Trinajstić information content (AvgIpc) is 3.46. The van der Waals surface area contributed by atoms with Gasteiger partial charge in [0.25, 0.3) is 0 Å². The maximum Gasteiger partial charge on any atom is 0.306 e. The molecule has 460 valence electrons. The Labute approximate surface area is 496 Å². The lowest BCUT2D eigenvalue weighted by Gasteiger charge is -2.18. The van der Waals surface area contributed by atoms with Gasteiger partial charge >= 0.3 is 17.9 Å². The topological polar surface area (TPSA) is 78.9 Å². The molecule has 0 aromatic rings. The van der Waals surface area contributed by atoms with E-state index in [2.05, 4.69) is 118 Å². The van der Waals surface area contributed by atoms with E-state index in [0.717, 1.165) is 122 Å². The van der Waals surface area contributed by atoms with Gasteiger partial charge in [0.15, 0.2) is 6.10 Å². The van der Waals surface area contributed by atoms with Gasteiger partial charge in [0.2, 0.25) is 0 Å². The molecule has 0 aromatic carbocycles. The third-order valence-corrected chi connectivity index (χ3v) is 14.8. The summed E-state index contributed by atoms with van der Waals surface area (Å²) in [5.74, 6) is -0.885. The van der Waals surface area contributed by atoms with E-state index < -0.39 is 6.10 Å². The highest BCUT2D eigenvalue weighted by molar-refractivity contribution is 5.71. The fourth-order valence-corrected chi connectivity index (χ4v) is 9.71. The second kappa shape index (κ2) is 67.8. The summed E-state index contributed by atoms with van der Waals surface area (Å²) in [5.41, 5.74) is 0. The van der Waals surface area contributed by atoms with Crippen molar-refractivity contribution >= 4 is 17.9 Å². The van der Waals surface area contributed by atoms with Crippen molar-refractivity contribution < 1.29 is 28.6 Å². The number of hydrogen-bond acceptors (Lipinski definition) is 6.